The Morgan fingerprint density at radius 1 is 0.795 bits per heavy atom. The lowest BCUT2D eigenvalue weighted by atomic mass is 9.85. The number of nitrogens with zero attached hydrogens (tertiary/aromatic N) is 6. The summed E-state index contributed by atoms with van der Waals surface area (Å²) in [5, 5.41) is 7.11. The van der Waals surface area contributed by atoms with Crippen LogP contribution in [0.5, 0.6) is 5.75 Å². The lowest BCUT2D eigenvalue weighted by molar-refractivity contribution is -0.138. The van der Waals surface area contributed by atoms with Crippen molar-refractivity contribution in [3.63, 3.8) is 0 Å². The van der Waals surface area contributed by atoms with Gasteiger partial charge in [-0.25, -0.2) is 28.9 Å². The SMILES string of the molecule is COC(=O)NC(C(=O)N1CCC[C@H]1c1ncc(-c2ccc3c(c2)cc2n3C(c3ncc(C(C)C)s3)Oc3cc(-c4cnc([C@@H]5CCCN5C(=O)[C@@H](NC(=O)OC)C(C)C)[nH]4)cc(F)c3-2)[nH]1)C1C[C@@H](C)O[C@@H](C)C1. The molecule has 4 aromatic heterocycles. The number of aromatic amines is 2. The van der Waals surface area contributed by atoms with Crippen molar-refractivity contribution in [3.8, 4) is 39.5 Å². The van der Waals surface area contributed by atoms with E-state index in [1.165, 1.54) is 20.3 Å². The van der Waals surface area contributed by atoms with Crippen LogP contribution in [0.25, 0.3) is 44.7 Å². The Morgan fingerprint density at radius 3 is 2.04 bits per heavy atom. The van der Waals surface area contributed by atoms with Crippen molar-refractivity contribution in [2.45, 2.75) is 129 Å². The van der Waals surface area contributed by atoms with Gasteiger partial charge >= 0.3 is 12.2 Å². The van der Waals surface area contributed by atoms with Crippen molar-refractivity contribution in [1.82, 2.24) is 49.9 Å². The maximum atomic E-state index is 17.0. The molecule has 3 saturated heterocycles. The summed E-state index contributed by atoms with van der Waals surface area (Å²) in [5.41, 5.74) is 4.44. The Labute approximate surface area is 426 Å². The number of thiazole rings is 1. The predicted molar refractivity (Wildman–Crippen MR) is 271 cm³/mol. The zero-order chi connectivity index (χ0) is 51.4. The predicted octanol–water partition coefficient (Wildman–Crippen LogP) is 9.38. The van der Waals surface area contributed by atoms with Crippen molar-refractivity contribution < 1.29 is 42.5 Å². The van der Waals surface area contributed by atoms with Crippen LogP contribution in [0.15, 0.2) is 55.0 Å². The van der Waals surface area contributed by atoms with E-state index in [2.05, 4.69) is 34.4 Å². The highest BCUT2D eigenvalue weighted by Crippen LogP contribution is 2.48. The molecule has 73 heavy (non-hydrogen) atoms. The van der Waals surface area contributed by atoms with Gasteiger partial charge in [0.15, 0.2) is 5.01 Å². The zero-order valence-corrected chi connectivity index (χ0v) is 43.2. The number of methoxy groups -OCH3 is 2. The number of fused-ring (bicyclic) bond motifs is 5. The van der Waals surface area contributed by atoms with Crippen LogP contribution in [-0.2, 0) is 23.8 Å². The van der Waals surface area contributed by atoms with E-state index in [4.69, 9.17) is 33.9 Å². The second-order valence-electron chi connectivity index (χ2n) is 20.4. The Hall–Kier alpha value is -6.80. The number of halogens is 1. The largest absolute Gasteiger partial charge is 0.462 e. The second kappa shape index (κ2) is 20.2. The van der Waals surface area contributed by atoms with Crippen molar-refractivity contribution >= 4 is 46.2 Å². The minimum absolute atomic E-state index is 0.0546. The normalized spacial score (nSPS) is 22.5. The molecule has 2 aromatic carbocycles. The van der Waals surface area contributed by atoms with Crippen molar-refractivity contribution in [1.29, 1.82) is 0 Å². The molecular weight excluding hydrogens is 956 g/mol. The van der Waals surface area contributed by atoms with Gasteiger partial charge in [-0.1, -0.05) is 33.8 Å². The van der Waals surface area contributed by atoms with E-state index in [1.807, 2.05) is 73.7 Å². The third kappa shape index (κ3) is 9.54. The van der Waals surface area contributed by atoms with Gasteiger partial charge in [0.25, 0.3) is 0 Å². The summed E-state index contributed by atoms with van der Waals surface area (Å²) < 4.78 is 41.6. The summed E-state index contributed by atoms with van der Waals surface area (Å²) in [5.74, 6) is 0.615. The molecule has 0 bridgehead atoms. The minimum atomic E-state index is -0.779. The number of carbonyl (C=O) groups excluding carboxylic acids is 4. The third-order valence-electron chi connectivity index (χ3n) is 14.8. The van der Waals surface area contributed by atoms with E-state index in [9.17, 15) is 19.2 Å². The molecule has 4 aliphatic heterocycles. The maximum Gasteiger partial charge on any atom is 0.407 e. The van der Waals surface area contributed by atoms with E-state index in [-0.39, 0.29) is 53.9 Å². The second-order valence-corrected chi connectivity index (χ2v) is 21.5. The molecule has 4 N–H and O–H groups in total. The number of rotatable bonds is 12. The molecule has 18 nitrogen and oxygen atoms in total. The number of aromatic nitrogens is 6. The number of carbonyl (C=O) groups is 4. The molecule has 10 rings (SSSR count). The number of likely N-dealkylation sites (tertiary alicyclic amines) is 2. The van der Waals surface area contributed by atoms with E-state index in [0.717, 1.165) is 44.9 Å². The maximum absolute atomic E-state index is 17.0. The first-order valence-electron chi connectivity index (χ1n) is 25.3. The smallest absolute Gasteiger partial charge is 0.407 e. The number of alkyl carbamates (subject to hydrolysis) is 2. The number of H-pyrrole nitrogens is 2. The van der Waals surface area contributed by atoms with Gasteiger partial charge in [-0.3, -0.25) is 14.2 Å². The quantitative estimate of drug-likeness (QED) is 0.0907. The molecule has 3 fully saturated rings. The molecule has 8 atom stereocenters. The summed E-state index contributed by atoms with van der Waals surface area (Å²) in [6.07, 6.45) is 7.32. The van der Waals surface area contributed by atoms with Gasteiger partial charge in [0.05, 0.1) is 79.1 Å². The first kappa shape index (κ1) is 49.8. The average molecular weight is 1020 g/mol. The molecule has 8 heterocycles. The van der Waals surface area contributed by atoms with Gasteiger partial charge < -0.3 is 49.3 Å². The van der Waals surface area contributed by atoms with Crippen molar-refractivity contribution in [2.24, 2.45) is 11.8 Å². The van der Waals surface area contributed by atoms with Gasteiger partial charge in [0.1, 0.15) is 35.3 Å². The minimum Gasteiger partial charge on any atom is -0.462 e. The van der Waals surface area contributed by atoms with Crippen LogP contribution < -0.4 is 15.4 Å². The van der Waals surface area contributed by atoms with E-state index < -0.39 is 36.3 Å². The summed E-state index contributed by atoms with van der Waals surface area (Å²) in [6.45, 7) is 13.0. The number of hydrogen-bond donors (Lipinski definition) is 4. The fourth-order valence-corrected chi connectivity index (χ4v) is 12.2. The molecule has 4 amide bonds. The molecule has 4 aliphatic rings. The van der Waals surface area contributed by atoms with Crippen LogP contribution in [-0.4, -0.2) is 115 Å². The van der Waals surface area contributed by atoms with Crippen LogP contribution >= 0.6 is 11.3 Å². The van der Waals surface area contributed by atoms with Gasteiger partial charge in [0.2, 0.25) is 18.0 Å². The topological polar surface area (TPSA) is 211 Å². The number of hydrogen-bond acceptors (Lipinski definition) is 12. The van der Waals surface area contributed by atoms with Crippen LogP contribution in [0.2, 0.25) is 0 Å². The van der Waals surface area contributed by atoms with Crippen LogP contribution in [0, 0.1) is 17.7 Å². The Kier molecular flexibility index (Phi) is 13.8. The zero-order valence-electron chi connectivity index (χ0n) is 42.4. The number of amides is 4. The van der Waals surface area contributed by atoms with Gasteiger partial charge in [-0.15, -0.1) is 11.3 Å². The number of imidazole rings is 2. The first-order valence-corrected chi connectivity index (χ1v) is 26.1. The Bertz CT molecular complexity index is 3040. The first-order chi connectivity index (χ1) is 35.1. The molecular formula is C53H63FN10O8S. The van der Waals surface area contributed by atoms with Gasteiger partial charge in [0, 0.05) is 40.7 Å². The van der Waals surface area contributed by atoms with E-state index in [1.54, 1.807) is 28.6 Å². The van der Waals surface area contributed by atoms with Crippen molar-refractivity contribution in [3.05, 3.63) is 82.3 Å². The number of nitrogens with one attached hydrogen (secondary N) is 4. The molecule has 0 spiro atoms. The standard InChI is InChI=1S/C53H63FN10O8S/c1-26(2)42-25-57-48(73-42)51-64-37-14-13-30(35-23-55-46(58-35)39-12-10-16-63(39)50(66)45(61-53(68)70-8)33-17-28(5)71-29(6)18-33)19-32(37)21-40(64)43-34(54)20-31(22-41(43)72-51)36-24-56-47(59-36)38-11-9-15-62(38)49(65)44(27(3)4)60-52(67)69-7/h13-14,19-29,33,38-39,44-45,51H,9-12,15-18H2,1-8H3,(H,55,58)(H,56,59)(H,60,67)(H,61,68)/t28-,29+,33?,38-,39-,44-,45?,51?/m0/s1. The van der Waals surface area contributed by atoms with Crippen LogP contribution in [0.4, 0.5) is 14.0 Å². The van der Waals surface area contributed by atoms with Gasteiger partial charge in [-0.05, 0) is 100 Å². The van der Waals surface area contributed by atoms with Gasteiger partial charge in [-0.2, -0.15) is 0 Å². The summed E-state index contributed by atoms with van der Waals surface area (Å²) in [7, 11) is 2.56. The molecule has 20 heteroatoms. The van der Waals surface area contributed by atoms with Crippen molar-refractivity contribution in [2.75, 3.05) is 27.3 Å². The number of benzene rings is 2. The molecule has 386 valence electrons. The molecule has 0 radical (unpaired) electrons. The fraction of sp³-hybridized carbons (Fsp3) is 0.491. The molecule has 0 saturated carbocycles. The molecule has 6 aromatic rings. The Morgan fingerprint density at radius 2 is 1.42 bits per heavy atom. The highest BCUT2D eigenvalue weighted by Gasteiger charge is 2.43. The lowest BCUT2D eigenvalue weighted by Crippen LogP contribution is -2.54. The molecule has 0 aliphatic carbocycles. The number of ether oxygens (including phenoxy) is 4. The van der Waals surface area contributed by atoms with E-state index >= 15 is 4.39 Å². The van der Waals surface area contributed by atoms with Crippen LogP contribution in [0.1, 0.15) is 126 Å². The summed E-state index contributed by atoms with van der Waals surface area (Å²) >= 11 is 1.56. The molecule has 3 unspecified atom stereocenters. The van der Waals surface area contributed by atoms with Crippen LogP contribution in [0.3, 0.4) is 0 Å². The fourth-order valence-electron chi connectivity index (χ4n) is 11.2. The Balaban J connectivity index is 0.953. The monoisotopic (exact) mass is 1020 g/mol. The highest BCUT2D eigenvalue weighted by atomic mass is 32.1. The lowest BCUT2D eigenvalue weighted by Gasteiger charge is -2.38. The summed E-state index contributed by atoms with van der Waals surface area (Å²) in [6, 6.07) is 9.06. The average Bonchev–Trinajstić information content (AvgIpc) is 4.23. The highest BCUT2D eigenvalue weighted by molar-refractivity contribution is 7.11. The third-order valence-corrected chi connectivity index (χ3v) is 16.1. The summed E-state index contributed by atoms with van der Waals surface area (Å²) in [4.78, 5) is 79.0. The van der Waals surface area contributed by atoms with E-state index in [0.29, 0.717) is 78.7 Å².